The standard InChI is InChI=1S/C12H6N2O5/c15-13(16)9-5-1-3-7-11(9)19-12-8-4-2-6-10(12)14(17)18/h1-6H. The van der Waals surface area contributed by atoms with Gasteiger partial charge in [-0.25, -0.2) is 0 Å². The van der Waals surface area contributed by atoms with Crippen LogP contribution in [0.4, 0.5) is 11.4 Å². The smallest absolute Gasteiger partial charge is 0.312 e. The number of benzene rings is 2. The molecule has 94 valence electrons. The van der Waals surface area contributed by atoms with Crippen molar-refractivity contribution >= 4 is 11.4 Å². The summed E-state index contributed by atoms with van der Waals surface area (Å²) < 4.78 is 5.17. The molecule has 0 heterocycles. The average molecular weight is 258 g/mol. The molecule has 0 saturated carbocycles. The summed E-state index contributed by atoms with van der Waals surface area (Å²) in [6.07, 6.45) is 0. The van der Waals surface area contributed by atoms with Gasteiger partial charge in [0.05, 0.1) is 9.85 Å². The summed E-state index contributed by atoms with van der Waals surface area (Å²) in [6.45, 7) is 0. The van der Waals surface area contributed by atoms with E-state index in [1.54, 1.807) is 0 Å². The van der Waals surface area contributed by atoms with Crippen molar-refractivity contribution in [2.24, 2.45) is 0 Å². The molecule has 0 N–H and O–H groups in total. The number of hydrogen-bond acceptors (Lipinski definition) is 5. The zero-order chi connectivity index (χ0) is 13.8. The van der Waals surface area contributed by atoms with Crippen LogP contribution in [-0.4, -0.2) is 9.85 Å². The van der Waals surface area contributed by atoms with Crippen LogP contribution in [0.1, 0.15) is 0 Å². The summed E-state index contributed by atoms with van der Waals surface area (Å²) in [7, 11) is 0. The van der Waals surface area contributed by atoms with Crippen molar-refractivity contribution in [2.45, 2.75) is 0 Å². The molecule has 0 amide bonds. The first-order chi connectivity index (χ1) is 9.09. The topological polar surface area (TPSA) is 95.5 Å². The first-order valence-electron chi connectivity index (χ1n) is 5.07. The Kier molecular flexibility index (Phi) is 3.37. The molecule has 2 radical (unpaired) electrons. The minimum absolute atomic E-state index is 0.196. The van der Waals surface area contributed by atoms with E-state index in [1.165, 1.54) is 36.4 Å². The molecule has 0 aliphatic carbocycles. The molecule has 0 bridgehead atoms. The molecule has 0 aliphatic rings. The largest absolute Gasteiger partial charge is 0.442 e. The van der Waals surface area contributed by atoms with E-state index < -0.39 is 9.85 Å². The Morgan fingerprint density at radius 1 is 0.895 bits per heavy atom. The Bertz CT molecular complexity index is 586. The molecule has 0 saturated heterocycles. The Morgan fingerprint density at radius 3 is 1.68 bits per heavy atom. The zero-order valence-corrected chi connectivity index (χ0v) is 9.40. The van der Waals surface area contributed by atoms with Gasteiger partial charge in [0.15, 0.2) is 0 Å². The van der Waals surface area contributed by atoms with Gasteiger partial charge in [-0.05, 0) is 12.1 Å². The maximum atomic E-state index is 10.8. The molecular weight excluding hydrogens is 252 g/mol. The van der Waals surface area contributed by atoms with Crippen LogP contribution >= 0.6 is 0 Å². The fraction of sp³-hybridized carbons (Fsp3) is 0. The zero-order valence-electron chi connectivity index (χ0n) is 9.40. The predicted octanol–water partition coefficient (Wildman–Crippen LogP) is 2.90. The van der Waals surface area contributed by atoms with Gasteiger partial charge < -0.3 is 4.74 Å². The van der Waals surface area contributed by atoms with Gasteiger partial charge in [-0.2, -0.15) is 0 Å². The molecule has 19 heavy (non-hydrogen) atoms. The second kappa shape index (κ2) is 5.13. The lowest BCUT2D eigenvalue weighted by Gasteiger charge is -2.05. The van der Waals surface area contributed by atoms with Gasteiger partial charge >= 0.3 is 11.4 Å². The SMILES string of the molecule is O=[N+]([O-])c1ccc[c]c1Oc1[c]cccc1[N+](=O)[O-]. The highest BCUT2D eigenvalue weighted by Gasteiger charge is 2.20. The van der Waals surface area contributed by atoms with Crippen LogP contribution < -0.4 is 4.74 Å². The Balaban J connectivity index is 2.42. The number of nitro groups is 2. The van der Waals surface area contributed by atoms with Crippen molar-refractivity contribution in [3.8, 4) is 11.5 Å². The average Bonchev–Trinajstić information content (AvgIpc) is 2.39. The molecule has 7 heteroatoms. The van der Waals surface area contributed by atoms with Crippen LogP contribution in [0.3, 0.4) is 0 Å². The summed E-state index contributed by atoms with van der Waals surface area (Å²) >= 11 is 0. The monoisotopic (exact) mass is 258 g/mol. The molecule has 7 nitrogen and oxygen atoms in total. The van der Waals surface area contributed by atoms with E-state index in [-0.39, 0.29) is 22.9 Å². The maximum Gasteiger partial charge on any atom is 0.312 e. The number of nitro benzene ring substituents is 2. The lowest BCUT2D eigenvalue weighted by Crippen LogP contribution is -1.96. The fourth-order valence-corrected chi connectivity index (χ4v) is 1.38. The van der Waals surface area contributed by atoms with E-state index in [4.69, 9.17) is 4.74 Å². The van der Waals surface area contributed by atoms with Crippen molar-refractivity contribution in [2.75, 3.05) is 0 Å². The van der Waals surface area contributed by atoms with Gasteiger partial charge in [0.2, 0.25) is 11.5 Å². The van der Waals surface area contributed by atoms with Crippen LogP contribution in [0.2, 0.25) is 0 Å². The van der Waals surface area contributed by atoms with E-state index in [2.05, 4.69) is 12.1 Å². The third kappa shape index (κ3) is 2.65. The molecule has 2 rings (SSSR count). The molecule has 0 atom stereocenters. The molecule has 0 spiro atoms. The van der Waals surface area contributed by atoms with Crippen LogP contribution in [-0.2, 0) is 0 Å². The van der Waals surface area contributed by atoms with Gasteiger partial charge in [-0.3, -0.25) is 20.2 Å². The third-order valence-corrected chi connectivity index (χ3v) is 2.19. The van der Waals surface area contributed by atoms with Gasteiger partial charge in [-0.15, -0.1) is 0 Å². The van der Waals surface area contributed by atoms with Crippen molar-refractivity contribution in [3.05, 3.63) is 68.8 Å². The Hall–Kier alpha value is -2.96. The van der Waals surface area contributed by atoms with E-state index in [0.29, 0.717) is 0 Å². The number of hydrogen-bond donors (Lipinski definition) is 0. The van der Waals surface area contributed by atoms with Crippen molar-refractivity contribution in [1.29, 1.82) is 0 Å². The first-order valence-corrected chi connectivity index (χ1v) is 5.07. The highest BCUT2D eigenvalue weighted by atomic mass is 16.6. The quantitative estimate of drug-likeness (QED) is 0.620. The van der Waals surface area contributed by atoms with Gasteiger partial charge in [0, 0.05) is 24.3 Å². The van der Waals surface area contributed by atoms with Crippen molar-refractivity contribution in [1.82, 2.24) is 0 Å². The number of rotatable bonds is 4. The summed E-state index contributed by atoms with van der Waals surface area (Å²) in [5.74, 6) is -0.392. The normalized spacial score (nSPS) is 9.89. The predicted molar refractivity (Wildman–Crippen MR) is 63.9 cm³/mol. The second-order valence-corrected chi connectivity index (χ2v) is 3.39. The third-order valence-electron chi connectivity index (χ3n) is 2.19. The minimum atomic E-state index is -0.652. The highest BCUT2D eigenvalue weighted by molar-refractivity contribution is 5.52. The fourth-order valence-electron chi connectivity index (χ4n) is 1.38. The van der Waals surface area contributed by atoms with E-state index >= 15 is 0 Å². The van der Waals surface area contributed by atoms with Gasteiger partial charge in [0.25, 0.3) is 0 Å². The van der Waals surface area contributed by atoms with Crippen molar-refractivity contribution < 1.29 is 14.6 Å². The Morgan fingerprint density at radius 2 is 1.32 bits per heavy atom. The Labute approximate surface area is 107 Å². The molecular formula is C12H6N2O5. The van der Waals surface area contributed by atoms with Crippen molar-refractivity contribution in [3.63, 3.8) is 0 Å². The lowest BCUT2D eigenvalue weighted by atomic mass is 10.2. The minimum Gasteiger partial charge on any atom is -0.442 e. The van der Waals surface area contributed by atoms with E-state index in [9.17, 15) is 20.2 Å². The molecule has 2 aromatic carbocycles. The van der Waals surface area contributed by atoms with Gasteiger partial charge in [-0.1, -0.05) is 12.1 Å². The first kappa shape index (κ1) is 12.5. The number of para-hydroxylation sites is 2. The molecule has 0 aromatic heterocycles. The lowest BCUT2D eigenvalue weighted by molar-refractivity contribution is -0.387. The number of ether oxygens (including phenoxy) is 1. The van der Waals surface area contributed by atoms with Crippen LogP contribution in [0.25, 0.3) is 0 Å². The second-order valence-electron chi connectivity index (χ2n) is 3.39. The summed E-state index contributed by atoms with van der Waals surface area (Å²) in [4.78, 5) is 20.3. The van der Waals surface area contributed by atoms with Crippen LogP contribution in [0, 0.1) is 32.4 Å². The number of nitrogens with zero attached hydrogens (tertiary/aromatic N) is 2. The summed E-state index contributed by atoms with van der Waals surface area (Å²) in [5.41, 5.74) is -0.650. The summed E-state index contributed by atoms with van der Waals surface area (Å²) in [6, 6.07) is 13.2. The van der Waals surface area contributed by atoms with Gasteiger partial charge in [0.1, 0.15) is 0 Å². The van der Waals surface area contributed by atoms with Crippen LogP contribution in [0.15, 0.2) is 36.4 Å². The molecule has 2 aromatic rings. The highest BCUT2D eigenvalue weighted by Crippen LogP contribution is 2.34. The van der Waals surface area contributed by atoms with E-state index in [1.807, 2.05) is 0 Å². The van der Waals surface area contributed by atoms with Crippen LogP contribution in [0.5, 0.6) is 11.5 Å². The van der Waals surface area contributed by atoms with E-state index in [0.717, 1.165) is 0 Å². The molecule has 0 fully saturated rings. The molecule has 0 aliphatic heterocycles. The molecule has 0 unspecified atom stereocenters. The maximum absolute atomic E-state index is 10.8. The summed E-state index contributed by atoms with van der Waals surface area (Å²) in [5, 5.41) is 21.6.